The Bertz CT molecular complexity index is 1290. The van der Waals surface area contributed by atoms with Gasteiger partial charge < -0.3 is 20.1 Å². The molecule has 2 amide bonds. The summed E-state index contributed by atoms with van der Waals surface area (Å²) in [6.07, 6.45) is 3.10. The van der Waals surface area contributed by atoms with Crippen molar-refractivity contribution in [2.45, 2.75) is 46.0 Å². The Morgan fingerprint density at radius 2 is 1.00 bits per heavy atom. The second kappa shape index (κ2) is 17.9. The highest BCUT2D eigenvalue weighted by Gasteiger charge is 2.20. The van der Waals surface area contributed by atoms with Crippen LogP contribution in [0.15, 0.2) is 48.6 Å². The quantitative estimate of drug-likeness (QED) is 0.0967. The largest absolute Gasteiger partial charge is 0.482 e. The predicted molar refractivity (Wildman–Crippen MR) is 171 cm³/mol. The Balaban J connectivity index is 1.65. The van der Waals surface area contributed by atoms with Gasteiger partial charge in [-0.2, -0.15) is 0 Å². The number of Topliss-reactive ketones (excluding diaryl/α,β-unsaturated/α-hetero) is 2. The van der Waals surface area contributed by atoms with Crippen LogP contribution in [-0.4, -0.2) is 49.7 Å². The van der Waals surface area contributed by atoms with Crippen molar-refractivity contribution in [2.75, 3.05) is 26.3 Å². The molecule has 0 spiro atoms. The molecule has 0 fully saturated rings. The minimum absolute atomic E-state index is 0.0481. The third-order valence-corrected chi connectivity index (χ3v) is 8.02. The average molecular weight is 672 g/mol. The van der Waals surface area contributed by atoms with Gasteiger partial charge in [-0.25, -0.2) is 0 Å². The summed E-state index contributed by atoms with van der Waals surface area (Å²) in [5, 5.41) is 5.68. The van der Waals surface area contributed by atoms with Crippen molar-refractivity contribution in [1.82, 2.24) is 10.6 Å². The molecule has 0 unspecified atom stereocenters. The van der Waals surface area contributed by atoms with Gasteiger partial charge in [0.15, 0.2) is 24.8 Å². The van der Waals surface area contributed by atoms with E-state index in [4.69, 9.17) is 55.9 Å². The number of allylic oxidation sites excluding steroid dienone is 2. The van der Waals surface area contributed by atoms with Gasteiger partial charge in [0.1, 0.15) is 21.5 Å². The van der Waals surface area contributed by atoms with E-state index in [2.05, 4.69) is 23.8 Å². The third-order valence-electron chi connectivity index (χ3n) is 6.29. The van der Waals surface area contributed by atoms with Crippen LogP contribution in [0, 0.1) is 0 Å². The molecule has 8 nitrogen and oxygen atoms in total. The zero-order chi connectivity index (χ0) is 32.1. The molecule has 0 atom stereocenters. The van der Waals surface area contributed by atoms with Crippen LogP contribution < -0.4 is 20.1 Å². The summed E-state index contributed by atoms with van der Waals surface area (Å²) in [6, 6.07) is 5.97. The Labute approximate surface area is 271 Å². The van der Waals surface area contributed by atoms with Crippen LogP contribution in [-0.2, 0) is 9.59 Å². The number of ether oxygens (including phenoxy) is 2. The zero-order valence-electron chi connectivity index (χ0n) is 24.0. The summed E-state index contributed by atoms with van der Waals surface area (Å²) in [4.78, 5) is 48.9. The molecule has 0 saturated heterocycles. The van der Waals surface area contributed by atoms with Crippen LogP contribution in [0.5, 0.6) is 11.5 Å². The summed E-state index contributed by atoms with van der Waals surface area (Å²) >= 11 is 24.9. The van der Waals surface area contributed by atoms with E-state index in [9.17, 15) is 19.2 Å². The molecular weight excluding hydrogens is 638 g/mol. The van der Waals surface area contributed by atoms with Gasteiger partial charge in [0.2, 0.25) is 0 Å². The van der Waals surface area contributed by atoms with Crippen LogP contribution in [0.2, 0.25) is 20.1 Å². The predicted octanol–water partition coefficient (Wildman–Crippen LogP) is 7.46. The van der Waals surface area contributed by atoms with Gasteiger partial charge in [-0.1, -0.05) is 73.4 Å². The molecule has 2 aromatic carbocycles. The van der Waals surface area contributed by atoms with E-state index in [1.165, 1.54) is 24.3 Å². The van der Waals surface area contributed by atoms with Crippen molar-refractivity contribution in [1.29, 1.82) is 0 Å². The van der Waals surface area contributed by atoms with E-state index >= 15 is 0 Å². The molecular formula is C31H34Cl4N2O6. The van der Waals surface area contributed by atoms with E-state index in [-0.39, 0.29) is 79.3 Å². The number of carbonyl (C=O) groups is 4. The van der Waals surface area contributed by atoms with Crippen LogP contribution in [0.1, 0.15) is 66.7 Å². The second-order valence-electron chi connectivity index (χ2n) is 9.39. The molecule has 2 N–H and O–H groups in total. The number of hydrogen-bond donors (Lipinski definition) is 2. The maximum atomic E-state index is 12.3. The van der Waals surface area contributed by atoms with Crippen molar-refractivity contribution in [3.8, 4) is 11.5 Å². The average Bonchev–Trinajstić information content (AvgIpc) is 3.00. The molecule has 2 rings (SSSR count). The van der Waals surface area contributed by atoms with Gasteiger partial charge in [0.05, 0.1) is 10.0 Å². The minimum Gasteiger partial charge on any atom is -0.482 e. The molecule has 0 heterocycles. The first-order valence-corrected chi connectivity index (χ1v) is 15.1. The Morgan fingerprint density at radius 1 is 0.628 bits per heavy atom. The molecule has 0 bridgehead atoms. The molecule has 2 aromatic rings. The van der Waals surface area contributed by atoms with Crippen LogP contribution in [0.25, 0.3) is 0 Å². The van der Waals surface area contributed by atoms with Crippen molar-refractivity contribution in [2.24, 2.45) is 0 Å². The fourth-order valence-electron chi connectivity index (χ4n) is 3.61. The SMILES string of the molecule is C=C(CC)C(=O)c1ccc(OCC(=O)NCCCCCNC(=O)COc2ccc(C(=O)C(=C)CC)c(Cl)c2Cl)c(Cl)c1Cl. The number of carbonyl (C=O) groups excluding carboxylic acids is 4. The highest BCUT2D eigenvalue weighted by molar-refractivity contribution is 6.46. The first-order chi connectivity index (χ1) is 20.4. The monoisotopic (exact) mass is 670 g/mol. The fraction of sp³-hybridized carbons (Fsp3) is 0.355. The Kier molecular flexibility index (Phi) is 15.1. The molecule has 0 saturated carbocycles. The standard InChI is InChI=1S/C31H34Cl4N2O6/c1-5-18(3)30(40)20-10-12-22(28(34)26(20)32)42-16-24(38)36-14-8-7-9-15-37-25(39)17-43-23-13-11-21(27(33)29(23)35)31(41)19(4)6-2/h10-13H,3-9,14-17H2,1-2H3,(H,36,38)(H,37,39). The summed E-state index contributed by atoms with van der Waals surface area (Å²) in [5.74, 6) is -0.895. The zero-order valence-corrected chi connectivity index (χ0v) is 27.1. The highest BCUT2D eigenvalue weighted by Crippen LogP contribution is 2.37. The third kappa shape index (κ3) is 10.6. The molecule has 43 heavy (non-hydrogen) atoms. The summed E-state index contributed by atoms with van der Waals surface area (Å²) in [5.41, 5.74) is 1.27. The lowest BCUT2D eigenvalue weighted by Gasteiger charge is -2.12. The number of benzene rings is 2. The highest BCUT2D eigenvalue weighted by atomic mass is 35.5. The summed E-state index contributed by atoms with van der Waals surface area (Å²) in [6.45, 7) is 11.4. The number of amides is 2. The topological polar surface area (TPSA) is 111 Å². The molecule has 0 aliphatic rings. The molecule has 0 radical (unpaired) electrons. The second-order valence-corrected chi connectivity index (χ2v) is 10.9. The van der Waals surface area contributed by atoms with Gasteiger partial charge >= 0.3 is 0 Å². The first kappa shape index (κ1) is 36.2. The number of ketones is 2. The first-order valence-electron chi connectivity index (χ1n) is 13.6. The Morgan fingerprint density at radius 3 is 1.35 bits per heavy atom. The van der Waals surface area contributed by atoms with Gasteiger partial charge in [0.25, 0.3) is 11.8 Å². The van der Waals surface area contributed by atoms with E-state index in [0.29, 0.717) is 49.9 Å². The molecule has 0 aromatic heterocycles. The van der Waals surface area contributed by atoms with Crippen molar-refractivity contribution in [3.63, 3.8) is 0 Å². The molecule has 12 heteroatoms. The lowest BCUT2D eigenvalue weighted by atomic mass is 10.0. The smallest absolute Gasteiger partial charge is 0.257 e. The molecule has 0 aliphatic heterocycles. The van der Waals surface area contributed by atoms with Crippen LogP contribution in [0.4, 0.5) is 0 Å². The number of rotatable bonds is 18. The molecule has 232 valence electrons. The maximum absolute atomic E-state index is 12.3. The van der Waals surface area contributed by atoms with Gasteiger partial charge in [0, 0.05) is 24.2 Å². The van der Waals surface area contributed by atoms with E-state index in [0.717, 1.165) is 6.42 Å². The Hall–Kier alpha value is -3.04. The lowest BCUT2D eigenvalue weighted by Crippen LogP contribution is -2.30. The number of halogens is 4. The minimum atomic E-state index is -0.344. The molecule has 0 aliphatic carbocycles. The summed E-state index contributed by atoms with van der Waals surface area (Å²) < 4.78 is 10.9. The van der Waals surface area contributed by atoms with Gasteiger partial charge in [-0.15, -0.1) is 0 Å². The maximum Gasteiger partial charge on any atom is 0.257 e. The van der Waals surface area contributed by atoms with E-state index in [1.54, 1.807) is 0 Å². The fourth-order valence-corrected chi connectivity index (χ4v) is 4.53. The van der Waals surface area contributed by atoms with Gasteiger partial charge in [-0.05, 0) is 67.5 Å². The number of hydrogen-bond acceptors (Lipinski definition) is 6. The van der Waals surface area contributed by atoms with E-state index in [1.807, 2.05) is 13.8 Å². The van der Waals surface area contributed by atoms with Crippen LogP contribution >= 0.6 is 46.4 Å². The number of unbranched alkanes of at least 4 members (excludes halogenated alkanes) is 2. The van der Waals surface area contributed by atoms with Crippen molar-refractivity contribution >= 4 is 69.8 Å². The lowest BCUT2D eigenvalue weighted by molar-refractivity contribution is -0.123. The van der Waals surface area contributed by atoms with Crippen molar-refractivity contribution in [3.05, 3.63) is 79.8 Å². The normalized spacial score (nSPS) is 10.6. The number of nitrogens with one attached hydrogen (secondary N) is 2. The van der Waals surface area contributed by atoms with Crippen LogP contribution in [0.3, 0.4) is 0 Å². The summed E-state index contributed by atoms with van der Waals surface area (Å²) in [7, 11) is 0. The van der Waals surface area contributed by atoms with E-state index < -0.39 is 0 Å². The van der Waals surface area contributed by atoms with Crippen molar-refractivity contribution < 1.29 is 28.7 Å². The van der Waals surface area contributed by atoms with Gasteiger partial charge in [-0.3, -0.25) is 19.2 Å².